The van der Waals surface area contributed by atoms with Crippen LogP contribution < -0.4 is 10.2 Å². The molecule has 0 saturated heterocycles. The summed E-state index contributed by atoms with van der Waals surface area (Å²) in [6.45, 7) is 4.58. The molecule has 46 heavy (non-hydrogen) atoms. The molecule has 0 rings (SSSR count). The van der Waals surface area contributed by atoms with E-state index in [1.54, 1.807) is 6.08 Å². The second-order valence-electron chi connectivity index (χ2n) is 13.9. The number of aliphatic hydroxyl groups is 1. The topological polar surface area (TPSA) is 108 Å². The van der Waals surface area contributed by atoms with Crippen LogP contribution in [0.25, 0.3) is 0 Å². The van der Waals surface area contributed by atoms with Crippen LogP contribution in [-0.2, 0) is 18.4 Å². The zero-order valence-electron chi connectivity index (χ0n) is 30.5. The number of phosphoric ester groups is 1. The first-order valence-electron chi connectivity index (χ1n) is 18.7. The molecular formula is C37H73N2O6P. The second-order valence-corrected chi connectivity index (χ2v) is 15.3. The second kappa shape index (κ2) is 30.1. The van der Waals surface area contributed by atoms with Gasteiger partial charge in [0.15, 0.2) is 0 Å². The van der Waals surface area contributed by atoms with Crippen molar-refractivity contribution in [3.05, 3.63) is 24.3 Å². The minimum atomic E-state index is -4.58. The van der Waals surface area contributed by atoms with E-state index in [4.69, 9.17) is 9.05 Å². The Hall–Kier alpha value is -1.02. The van der Waals surface area contributed by atoms with Crippen molar-refractivity contribution in [1.82, 2.24) is 5.32 Å². The number of hydrogen-bond donors (Lipinski definition) is 2. The lowest BCUT2D eigenvalue weighted by atomic mass is 10.0. The van der Waals surface area contributed by atoms with Gasteiger partial charge in [0.2, 0.25) is 5.91 Å². The number of nitrogens with zero attached hydrogens (tertiary/aromatic N) is 1. The van der Waals surface area contributed by atoms with Gasteiger partial charge in [-0.1, -0.05) is 141 Å². The number of phosphoric acid groups is 1. The molecule has 0 radical (unpaired) electrons. The molecule has 0 spiro atoms. The Morgan fingerprint density at radius 1 is 0.739 bits per heavy atom. The minimum Gasteiger partial charge on any atom is -0.756 e. The molecule has 1 amide bonds. The molecule has 0 aliphatic rings. The highest BCUT2D eigenvalue weighted by Gasteiger charge is 2.23. The van der Waals surface area contributed by atoms with Crippen LogP contribution in [0.1, 0.15) is 155 Å². The fourth-order valence-corrected chi connectivity index (χ4v) is 5.83. The van der Waals surface area contributed by atoms with Gasteiger partial charge in [0.1, 0.15) is 13.2 Å². The standard InChI is InChI=1S/C37H73N2O6P/c1-6-8-10-12-14-16-18-20-22-24-26-28-30-36(40)35(34-45-46(42,43)44-33-32-39(3,4)5)38-37(41)31-29-27-25-23-21-19-17-15-13-11-9-7-2/h20,22,28,30,35-36,40H,6-19,21,23-27,29,31-34H2,1-5H3,(H-,38,41,42,43)/b22-20+,30-28+/t35-,36+/m0/s1. The molecule has 9 heteroatoms. The fraction of sp³-hybridized carbons (Fsp3) is 0.865. The summed E-state index contributed by atoms with van der Waals surface area (Å²) in [5.74, 6) is -0.211. The summed E-state index contributed by atoms with van der Waals surface area (Å²) in [6, 6.07) is -0.895. The zero-order chi connectivity index (χ0) is 34.4. The van der Waals surface area contributed by atoms with Crippen molar-refractivity contribution < 1.29 is 32.9 Å². The SMILES string of the molecule is CCCCCCCC/C=C/CC/C=C/[C@@H](O)[C@H](COP(=O)([O-])OCC[N+](C)(C)C)NC(=O)CCCCCCCCCCCCCC. The number of allylic oxidation sites excluding steroid dienone is 3. The van der Waals surface area contributed by atoms with Crippen molar-refractivity contribution in [2.24, 2.45) is 0 Å². The van der Waals surface area contributed by atoms with Gasteiger partial charge in [-0.05, 0) is 32.1 Å². The maximum absolute atomic E-state index is 12.7. The Kier molecular flexibility index (Phi) is 29.4. The Morgan fingerprint density at radius 3 is 1.76 bits per heavy atom. The van der Waals surface area contributed by atoms with E-state index in [2.05, 4.69) is 31.3 Å². The molecule has 0 aromatic carbocycles. The van der Waals surface area contributed by atoms with Crippen LogP contribution in [0.3, 0.4) is 0 Å². The fourth-order valence-electron chi connectivity index (χ4n) is 5.11. The van der Waals surface area contributed by atoms with Gasteiger partial charge in [-0.3, -0.25) is 9.36 Å². The number of likely N-dealkylation sites (N-methyl/N-ethyl adjacent to an activating group) is 1. The molecule has 0 aromatic rings. The highest BCUT2D eigenvalue weighted by molar-refractivity contribution is 7.45. The van der Waals surface area contributed by atoms with Crippen LogP contribution in [-0.4, -0.2) is 68.5 Å². The van der Waals surface area contributed by atoms with Crippen molar-refractivity contribution >= 4 is 13.7 Å². The molecule has 0 heterocycles. The summed E-state index contributed by atoms with van der Waals surface area (Å²) in [4.78, 5) is 25.1. The lowest BCUT2D eigenvalue weighted by Crippen LogP contribution is -2.45. The Morgan fingerprint density at radius 2 is 1.22 bits per heavy atom. The summed E-state index contributed by atoms with van der Waals surface area (Å²) >= 11 is 0. The van der Waals surface area contributed by atoms with Gasteiger partial charge in [-0.25, -0.2) is 0 Å². The van der Waals surface area contributed by atoms with E-state index in [0.717, 1.165) is 38.5 Å². The number of rotatable bonds is 33. The molecule has 0 aliphatic heterocycles. The van der Waals surface area contributed by atoms with Crippen LogP contribution in [0.2, 0.25) is 0 Å². The number of quaternary nitrogens is 1. The Labute approximate surface area is 284 Å². The zero-order valence-corrected chi connectivity index (χ0v) is 31.4. The van der Waals surface area contributed by atoms with E-state index in [1.807, 2.05) is 27.2 Å². The smallest absolute Gasteiger partial charge is 0.268 e. The van der Waals surface area contributed by atoms with E-state index in [0.29, 0.717) is 17.4 Å². The molecule has 1 unspecified atom stereocenters. The van der Waals surface area contributed by atoms with Gasteiger partial charge < -0.3 is 28.8 Å². The highest BCUT2D eigenvalue weighted by atomic mass is 31.2. The number of unbranched alkanes of at least 4 members (excludes halogenated alkanes) is 18. The van der Waals surface area contributed by atoms with E-state index in [9.17, 15) is 19.4 Å². The van der Waals surface area contributed by atoms with Crippen molar-refractivity contribution in [3.8, 4) is 0 Å². The predicted molar refractivity (Wildman–Crippen MR) is 192 cm³/mol. The first kappa shape index (κ1) is 45.0. The van der Waals surface area contributed by atoms with E-state index < -0.39 is 20.0 Å². The molecule has 272 valence electrons. The summed E-state index contributed by atoms with van der Waals surface area (Å²) < 4.78 is 23.0. The van der Waals surface area contributed by atoms with Gasteiger partial charge in [-0.2, -0.15) is 0 Å². The van der Waals surface area contributed by atoms with Crippen molar-refractivity contribution in [2.75, 3.05) is 40.9 Å². The average Bonchev–Trinajstić information content (AvgIpc) is 2.99. The van der Waals surface area contributed by atoms with Crippen LogP contribution in [0.5, 0.6) is 0 Å². The van der Waals surface area contributed by atoms with Crippen molar-refractivity contribution in [1.29, 1.82) is 0 Å². The molecule has 3 atom stereocenters. The molecule has 0 saturated carbocycles. The maximum Gasteiger partial charge on any atom is 0.268 e. The van der Waals surface area contributed by atoms with E-state index in [-0.39, 0.29) is 19.1 Å². The number of nitrogens with one attached hydrogen (secondary N) is 1. The highest BCUT2D eigenvalue weighted by Crippen LogP contribution is 2.38. The van der Waals surface area contributed by atoms with Gasteiger partial charge in [0, 0.05) is 6.42 Å². The quantitative estimate of drug-likeness (QED) is 0.0312. The van der Waals surface area contributed by atoms with Gasteiger partial charge in [-0.15, -0.1) is 0 Å². The molecule has 0 aromatic heterocycles. The number of carbonyl (C=O) groups is 1. The van der Waals surface area contributed by atoms with Gasteiger partial charge in [0.05, 0.1) is 39.9 Å². The summed E-state index contributed by atoms with van der Waals surface area (Å²) in [6.07, 6.45) is 32.2. The van der Waals surface area contributed by atoms with Crippen LogP contribution in [0.15, 0.2) is 24.3 Å². The van der Waals surface area contributed by atoms with Crippen LogP contribution >= 0.6 is 7.82 Å². The molecule has 0 aliphatic carbocycles. The third-order valence-corrected chi connectivity index (χ3v) is 9.13. The van der Waals surface area contributed by atoms with Gasteiger partial charge >= 0.3 is 0 Å². The van der Waals surface area contributed by atoms with Crippen molar-refractivity contribution in [3.63, 3.8) is 0 Å². The lowest BCUT2D eigenvalue weighted by Gasteiger charge is -2.29. The Balaban J connectivity index is 4.61. The van der Waals surface area contributed by atoms with Crippen molar-refractivity contribution in [2.45, 2.75) is 167 Å². The third kappa shape index (κ3) is 31.6. The summed E-state index contributed by atoms with van der Waals surface area (Å²) in [5.41, 5.74) is 0. The number of carbonyl (C=O) groups excluding carboxylic acids is 1. The maximum atomic E-state index is 12.7. The summed E-state index contributed by atoms with van der Waals surface area (Å²) in [5, 5.41) is 13.6. The molecule has 0 bridgehead atoms. The van der Waals surface area contributed by atoms with E-state index >= 15 is 0 Å². The molecule has 2 N–H and O–H groups in total. The largest absolute Gasteiger partial charge is 0.756 e. The average molecular weight is 673 g/mol. The normalized spacial score (nSPS) is 15.0. The molecule has 8 nitrogen and oxygen atoms in total. The Bertz CT molecular complexity index is 814. The number of amides is 1. The summed E-state index contributed by atoms with van der Waals surface area (Å²) in [7, 11) is 1.24. The first-order valence-corrected chi connectivity index (χ1v) is 20.2. The molecule has 0 fully saturated rings. The number of aliphatic hydroxyl groups excluding tert-OH is 1. The lowest BCUT2D eigenvalue weighted by molar-refractivity contribution is -0.870. The predicted octanol–water partition coefficient (Wildman–Crippen LogP) is 8.77. The van der Waals surface area contributed by atoms with Gasteiger partial charge in [0.25, 0.3) is 7.82 Å². The monoisotopic (exact) mass is 673 g/mol. The van der Waals surface area contributed by atoms with Crippen LogP contribution in [0.4, 0.5) is 0 Å². The molecular weight excluding hydrogens is 599 g/mol. The van der Waals surface area contributed by atoms with Crippen LogP contribution in [0, 0.1) is 0 Å². The first-order chi connectivity index (χ1) is 22.0. The minimum absolute atomic E-state index is 0.00487. The van der Waals surface area contributed by atoms with E-state index in [1.165, 1.54) is 96.3 Å². The third-order valence-electron chi connectivity index (χ3n) is 8.16. The number of hydrogen-bond acceptors (Lipinski definition) is 6.